The molecule has 0 aromatic heterocycles. The summed E-state index contributed by atoms with van der Waals surface area (Å²) in [6, 6.07) is 1.92. The summed E-state index contributed by atoms with van der Waals surface area (Å²) in [6.07, 6.45) is 3.52. The zero-order chi connectivity index (χ0) is 11.3. The van der Waals surface area contributed by atoms with Crippen LogP contribution in [0.25, 0.3) is 0 Å². The summed E-state index contributed by atoms with van der Waals surface area (Å²) in [4.78, 5) is 13.6. The van der Waals surface area contributed by atoms with Gasteiger partial charge in [0.15, 0.2) is 0 Å². The summed E-state index contributed by atoms with van der Waals surface area (Å²) in [6.45, 7) is 3.72. The number of likely N-dealkylation sites (tertiary alicyclic amines) is 1. The van der Waals surface area contributed by atoms with E-state index in [0.717, 1.165) is 25.9 Å². The van der Waals surface area contributed by atoms with Crippen LogP contribution >= 0.6 is 0 Å². The molecule has 1 aliphatic heterocycles. The lowest BCUT2D eigenvalue weighted by Crippen LogP contribution is -2.38. The van der Waals surface area contributed by atoms with Crippen molar-refractivity contribution in [3.8, 4) is 6.07 Å². The number of rotatable bonds is 2. The van der Waals surface area contributed by atoms with Crippen LogP contribution in [0.4, 0.5) is 0 Å². The highest BCUT2D eigenvalue weighted by atomic mass is 16.2. The van der Waals surface area contributed by atoms with E-state index in [1.807, 2.05) is 6.07 Å². The van der Waals surface area contributed by atoms with Crippen LogP contribution < -0.4 is 5.32 Å². The minimum absolute atomic E-state index is 0.154. The molecule has 1 saturated heterocycles. The van der Waals surface area contributed by atoms with Crippen molar-refractivity contribution in [3.05, 3.63) is 11.8 Å². The second-order valence-corrected chi connectivity index (χ2v) is 3.93. The van der Waals surface area contributed by atoms with Gasteiger partial charge in [0.2, 0.25) is 0 Å². The number of nitrogens with zero attached hydrogens (tertiary/aromatic N) is 2. The van der Waals surface area contributed by atoms with Crippen molar-refractivity contribution in [2.24, 2.45) is 5.92 Å². The van der Waals surface area contributed by atoms with Gasteiger partial charge in [0.05, 0.1) is 0 Å². The van der Waals surface area contributed by atoms with E-state index in [9.17, 15) is 4.79 Å². The third-order valence-corrected chi connectivity index (χ3v) is 2.71. The van der Waals surface area contributed by atoms with Crippen LogP contribution in [0.15, 0.2) is 11.8 Å². The van der Waals surface area contributed by atoms with Crippen molar-refractivity contribution in [2.75, 3.05) is 20.1 Å². The minimum atomic E-state index is -0.154. The summed E-state index contributed by atoms with van der Waals surface area (Å²) in [5.41, 5.74) is 0.187. The van der Waals surface area contributed by atoms with Crippen molar-refractivity contribution < 1.29 is 4.79 Å². The molecule has 0 radical (unpaired) electrons. The average molecular weight is 207 g/mol. The topological polar surface area (TPSA) is 56.1 Å². The molecular formula is C11H17N3O. The quantitative estimate of drug-likeness (QED) is 0.540. The van der Waals surface area contributed by atoms with Crippen molar-refractivity contribution >= 4 is 5.91 Å². The molecule has 0 saturated carbocycles. The maximum atomic E-state index is 11.8. The Morgan fingerprint density at radius 3 is 2.60 bits per heavy atom. The molecule has 4 heteroatoms. The Labute approximate surface area is 90.6 Å². The Kier molecular flexibility index (Phi) is 4.17. The first kappa shape index (κ1) is 11.6. The first-order valence-electron chi connectivity index (χ1n) is 5.25. The van der Waals surface area contributed by atoms with E-state index in [-0.39, 0.29) is 11.5 Å². The molecule has 15 heavy (non-hydrogen) atoms. The first-order chi connectivity index (χ1) is 7.19. The van der Waals surface area contributed by atoms with Gasteiger partial charge in [-0.3, -0.25) is 4.79 Å². The summed E-state index contributed by atoms with van der Waals surface area (Å²) in [7, 11) is 1.68. The second-order valence-electron chi connectivity index (χ2n) is 3.93. The largest absolute Gasteiger partial charge is 0.393 e. The highest BCUT2D eigenvalue weighted by molar-refractivity contribution is 5.97. The molecule has 82 valence electrons. The normalized spacial score (nSPS) is 18.5. The molecule has 0 aromatic rings. The van der Waals surface area contributed by atoms with Gasteiger partial charge in [0, 0.05) is 26.3 Å². The van der Waals surface area contributed by atoms with Crippen LogP contribution in [0.2, 0.25) is 0 Å². The monoisotopic (exact) mass is 207 g/mol. The molecule has 1 rings (SSSR count). The van der Waals surface area contributed by atoms with Crippen molar-refractivity contribution in [2.45, 2.75) is 19.8 Å². The van der Waals surface area contributed by atoms with Gasteiger partial charge in [-0.15, -0.1) is 0 Å². The smallest absolute Gasteiger partial charge is 0.265 e. The summed E-state index contributed by atoms with van der Waals surface area (Å²) in [5, 5.41) is 11.5. The Morgan fingerprint density at radius 2 is 2.13 bits per heavy atom. The number of carbonyl (C=O) groups is 1. The number of hydrogen-bond donors (Lipinski definition) is 1. The third-order valence-electron chi connectivity index (χ3n) is 2.71. The fourth-order valence-electron chi connectivity index (χ4n) is 1.67. The maximum Gasteiger partial charge on any atom is 0.265 e. The number of hydrogen-bond acceptors (Lipinski definition) is 3. The molecule has 4 nitrogen and oxygen atoms in total. The van der Waals surface area contributed by atoms with Gasteiger partial charge in [0.25, 0.3) is 5.91 Å². The highest BCUT2D eigenvalue weighted by Crippen LogP contribution is 2.17. The Balaban J connectivity index is 2.61. The number of amides is 1. The van der Waals surface area contributed by atoms with E-state index in [1.165, 1.54) is 6.20 Å². The fourth-order valence-corrected chi connectivity index (χ4v) is 1.67. The zero-order valence-electron chi connectivity index (χ0n) is 9.29. The molecule has 0 atom stereocenters. The predicted octanol–water partition coefficient (Wildman–Crippen LogP) is 0.872. The zero-order valence-corrected chi connectivity index (χ0v) is 9.29. The molecule has 0 bridgehead atoms. The lowest BCUT2D eigenvalue weighted by atomic mass is 9.99. The van der Waals surface area contributed by atoms with E-state index in [1.54, 1.807) is 11.9 Å². The van der Waals surface area contributed by atoms with Crippen LogP contribution in [0.1, 0.15) is 19.8 Å². The minimum Gasteiger partial charge on any atom is -0.393 e. The molecule has 1 fully saturated rings. The van der Waals surface area contributed by atoms with Gasteiger partial charge in [0.1, 0.15) is 11.6 Å². The molecule has 1 aliphatic rings. The van der Waals surface area contributed by atoms with Crippen LogP contribution in [-0.4, -0.2) is 30.9 Å². The number of nitrogens with one attached hydrogen (secondary N) is 1. The molecule has 1 heterocycles. The number of nitriles is 1. The molecule has 1 N–H and O–H groups in total. The predicted molar refractivity (Wildman–Crippen MR) is 57.7 cm³/mol. The van der Waals surface area contributed by atoms with Gasteiger partial charge in [-0.25, -0.2) is 0 Å². The maximum absolute atomic E-state index is 11.8. The molecule has 0 unspecified atom stereocenters. The summed E-state index contributed by atoms with van der Waals surface area (Å²) in [5.74, 6) is 0.534. The van der Waals surface area contributed by atoms with E-state index in [2.05, 4.69) is 12.2 Å². The van der Waals surface area contributed by atoms with E-state index in [0.29, 0.717) is 5.92 Å². The molecule has 1 amide bonds. The van der Waals surface area contributed by atoms with Crippen molar-refractivity contribution in [3.63, 3.8) is 0 Å². The summed E-state index contributed by atoms with van der Waals surface area (Å²) >= 11 is 0. The van der Waals surface area contributed by atoms with Gasteiger partial charge in [-0.05, 0) is 18.8 Å². The first-order valence-corrected chi connectivity index (χ1v) is 5.25. The van der Waals surface area contributed by atoms with E-state index < -0.39 is 0 Å². The van der Waals surface area contributed by atoms with Crippen molar-refractivity contribution in [1.29, 1.82) is 5.26 Å². The fraction of sp³-hybridized carbons (Fsp3) is 0.636. The standard InChI is InChI=1S/C11H17N3O/c1-9-3-5-14(6-4-9)11(15)10(7-12)8-13-2/h8-9,13H,3-6H2,1-2H3/b10-8-. The molecule has 0 aliphatic carbocycles. The number of carbonyl (C=O) groups excluding carboxylic acids is 1. The van der Waals surface area contributed by atoms with Gasteiger partial charge < -0.3 is 10.2 Å². The van der Waals surface area contributed by atoms with E-state index in [4.69, 9.17) is 5.26 Å². The van der Waals surface area contributed by atoms with Gasteiger partial charge in [-0.2, -0.15) is 5.26 Å². The Hall–Kier alpha value is -1.50. The lowest BCUT2D eigenvalue weighted by molar-refractivity contribution is -0.128. The van der Waals surface area contributed by atoms with E-state index >= 15 is 0 Å². The highest BCUT2D eigenvalue weighted by Gasteiger charge is 2.22. The van der Waals surface area contributed by atoms with Crippen LogP contribution in [-0.2, 0) is 4.79 Å². The Morgan fingerprint density at radius 1 is 1.53 bits per heavy atom. The van der Waals surface area contributed by atoms with Gasteiger partial charge in [-0.1, -0.05) is 6.92 Å². The second kappa shape index (κ2) is 5.40. The molecule has 0 aromatic carbocycles. The lowest BCUT2D eigenvalue weighted by Gasteiger charge is -2.29. The third kappa shape index (κ3) is 2.98. The average Bonchev–Trinajstić information content (AvgIpc) is 2.26. The van der Waals surface area contributed by atoms with Crippen LogP contribution in [0.3, 0.4) is 0 Å². The molecular weight excluding hydrogens is 190 g/mol. The Bertz CT molecular complexity index is 295. The van der Waals surface area contributed by atoms with Crippen LogP contribution in [0.5, 0.6) is 0 Å². The number of piperidine rings is 1. The molecule has 0 spiro atoms. The van der Waals surface area contributed by atoms with Gasteiger partial charge >= 0.3 is 0 Å². The van der Waals surface area contributed by atoms with Crippen LogP contribution in [0, 0.1) is 17.2 Å². The summed E-state index contributed by atoms with van der Waals surface area (Å²) < 4.78 is 0. The SMILES string of the molecule is CN/C=C(/C#N)C(=O)N1CCC(C)CC1. The van der Waals surface area contributed by atoms with Crippen molar-refractivity contribution in [1.82, 2.24) is 10.2 Å².